The van der Waals surface area contributed by atoms with Gasteiger partial charge in [0.15, 0.2) is 0 Å². The smallest absolute Gasteiger partial charge is 0.248 e. The molecule has 178 valence electrons. The summed E-state index contributed by atoms with van der Waals surface area (Å²) in [5.74, 6) is 0.895. The van der Waals surface area contributed by atoms with Gasteiger partial charge in [-0.1, -0.05) is 17.7 Å². The number of piperidine rings is 1. The van der Waals surface area contributed by atoms with Gasteiger partial charge < -0.3 is 20.5 Å². The van der Waals surface area contributed by atoms with Crippen LogP contribution in [0.25, 0.3) is 21.9 Å². The number of hydrogen-bond acceptors (Lipinski definition) is 6. The highest BCUT2D eigenvalue weighted by Gasteiger charge is 2.56. The third kappa shape index (κ3) is 3.63. The number of nitrogens with one attached hydrogen (secondary N) is 1. The van der Waals surface area contributed by atoms with Gasteiger partial charge in [-0.3, -0.25) is 9.59 Å². The molecule has 1 aliphatic heterocycles. The molecule has 3 aromatic heterocycles. The fraction of sp³-hybridized carbons (Fsp3) is 0.320. The highest BCUT2D eigenvalue weighted by molar-refractivity contribution is 9.10. The van der Waals surface area contributed by atoms with Crippen LogP contribution in [0.1, 0.15) is 24.0 Å². The second kappa shape index (κ2) is 8.01. The summed E-state index contributed by atoms with van der Waals surface area (Å²) in [6.07, 6.45) is 3.02. The molecule has 1 aliphatic carbocycles. The molecule has 0 bridgehead atoms. The molecule has 0 radical (unpaired) electrons. The van der Waals surface area contributed by atoms with Crippen molar-refractivity contribution in [2.75, 3.05) is 11.1 Å². The van der Waals surface area contributed by atoms with E-state index in [9.17, 15) is 9.59 Å². The van der Waals surface area contributed by atoms with E-state index in [-0.39, 0.29) is 24.4 Å². The van der Waals surface area contributed by atoms with Gasteiger partial charge in [-0.15, -0.1) is 0 Å². The second-order valence-corrected chi connectivity index (χ2v) is 10.3. The van der Waals surface area contributed by atoms with Gasteiger partial charge in [0.05, 0.1) is 10.9 Å². The van der Waals surface area contributed by atoms with Gasteiger partial charge in [0.25, 0.3) is 0 Å². The van der Waals surface area contributed by atoms with E-state index in [1.807, 2.05) is 24.5 Å². The number of rotatable bonds is 4. The third-order valence-electron chi connectivity index (χ3n) is 7.05. The number of halogens is 1. The standard InChI is InChI=1S/C25H24BrN7O2/c1-12-6-13(2)22-15(7-12)21-23(27)28-11-29-24(21)32(22)10-20(34)33-16-8-14(16)9-17(33)25(35)31-19-5-3-4-18(26)30-19/h3-7,11,14,16-17H,8-10H2,1-2H3,(H2,27,28,29)(H,30,31,35)/t14-,16?,17+/m1/s1. The van der Waals surface area contributed by atoms with Crippen molar-refractivity contribution < 1.29 is 9.59 Å². The molecule has 3 atom stereocenters. The number of nitrogens with zero attached hydrogens (tertiary/aromatic N) is 5. The van der Waals surface area contributed by atoms with E-state index < -0.39 is 6.04 Å². The van der Waals surface area contributed by atoms with Crippen LogP contribution in [0.3, 0.4) is 0 Å². The van der Waals surface area contributed by atoms with E-state index in [4.69, 9.17) is 5.73 Å². The highest BCUT2D eigenvalue weighted by atomic mass is 79.9. The lowest BCUT2D eigenvalue weighted by molar-refractivity contribution is -0.138. The molecule has 1 saturated heterocycles. The van der Waals surface area contributed by atoms with Crippen molar-refractivity contribution >= 4 is 61.3 Å². The van der Waals surface area contributed by atoms with Gasteiger partial charge in [0, 0.05) is 11.4 Å². The molecule has 2 fully saturated rings. The fourth-order valence-electron chi connectivity index (χ4n) is 5.57. The van der Waals surface area contributed by atoms with Crippen molar-refractivity contribution in [2.45, 2.75) is 45.3 Å². The van der Waals surface area contributed by atoms with Crippen molar-refractivity contribution in [2.24, 2.45) is 5.92 Å². The summed E-state index contributed by atoms with van der Waals surface area (Å²) in [6.45, 7) is 4.12. The van der Waals surface area contributed by atoms with Crippen LogP contribution in [0.2, 0.25) is 0 Å². The normalized spacial score (nSPS) is 20.9. The third-order valence-corrected chi connectivity index (χ3v) is 7.49. The minimum Gasteiger partial charge on any atom is -0.383 e. The Bertz CT molecular complexity index is 1530. The maximum absolute atomic E-state index is 13.7. The summed E-state index contributed by atoms with van der Waals surface area (Å²) in [6, 6.07) is 9.05. The van der Waals surface area contributed by atoms with Crippen LogP contribution in [-0.4, -0.2) is 48.3 Å². The van der Waals surface area contributed by atoms with E-state index in [0.717, 1.165) is 33.8 Å². The quantitative estimate of drug-likeness (QED) is 0.387. The summed E-state index contributed by atoms with van der Waals surface area (Å²) in [5, 5.41) is 4.56. The minimum absolute atomic E-state index is 0.0719. The largest absolute Gasteiger partial charge is 0.383 e. The lowest BCUT2D eigenvalue weighted by Crippen LogP contribution is -2.46. The lowest BCUT2D eigenvalue weighted by atomic mass is 10.1. The number of hydrogen-bond donors (Lipinski definition) is 2. The highest BCUT2D eigenvalue weighted by Crippen LogP contribution is 2.48. The molecule has 0 spiro atoms. The number of nitrogen functional groups attached to an aromatic ring is 1. The molecule has 2 amide bonds. The second-order valence-electron chi connectivity index (χ2n) is 9.47. The Hall–Kier alpha value is -3.53. The number of likely N-dealkylation sites (tertiary alicyclic amines) is 1. The van der Waals surface area contributed by atoms with E-state index in [1.54, 1.807) is 17.0 Å². The summed E-state index contributed by atoms with van der Waals surface area (Å²) in [7, 11) is 0. The van der Waals surface area contributed by atoms with E-state index in [2.05, 4.69) is 48.3 Å². The van der Waals surface area contributed by atoms with Crippen LogP contribution in [-0.2, 0) is 16.1 Å². The zero-order valence-corrected chi connectivity index (χ0v) is 20.9. The van der Waals surface area contributed by atoms with Gasteiger partial charge in [0.1, 0.15) is 40.8 Å². The summed E-state index contributed by atoms with van der Waals surface area (Å²) < 4.78 is 2.55. The molecule has 1 aromatic carbocycles. The molecule has 4 heterocycles. The predicted octanol–water partition coefficient (Wildman–Crippen LogP) is 3.57. The van der Waals surface area contributed by atoms with Gasteiger partial charge >= 0.3 is 0 Å². The number of aryl methyl sites for hydroxylation is 2. The number of carbonyl (C=O) groups excluding carboxylic acids is 2. The molecule has 10 heteroatoms. The van der Waals surface area contributed by atoms with Gasteiger partial charge in [-0.25, -0.2) is 15.0 Å². The molecule has 35 heavy (non-hydrogen) atoms. The number of amides is 2. The molecule has 3 N–H and O–H groups in total. The van der Waals surface area contributed by atoms with E-state index in [1.165, 1.54) is 6.33 Å². The van der Waals surface area contributed by atoms with Crippen LogP contribution in [0.15, 0.2) is 41.3 Å². The zero-order chi connectivity index (χ0) is 24.4. The minimum atomic E-state index is -0.525. The molecule has 4 aromatic rings. The summed E-state index contributed by atoms with van der Waals surface area (Å²) in [5.41, 5.74) is 9.91. The fourth-order valence-corrected chi connectivity index (χ4v) is 5.92. The predicted molar refractivity (Wildman–Crippen MR) is 137 cm³/mol. The first-order valence-electron chi connectivity index (χ1n) is 11.6. The molecular weight excluding hydrogens is 510 g/mol. The Morgan fingerprint density at radius 1 is 1.20 bits per heavy atom. The van der Waals surface area contributed by atoms with Crippen LogP contribution in [0, 0.1) is 19.8 Å². The maximum Gasteiger partial charge on any atom is 0.248 e. The number of benzene rings is 1. The average Bonchev–Trinajstić information content (AvgIpc) is 3.34. The Morgan fingerprint density at radius 2 is 2.03 bits per heavy atom. The lowest BCUT2D eigenvalue weighted by Gasteiger charge is -2.27. The van der Waals surface area contributed by atoms with Crippen LogP contribution in [0.5, 0.6) is 0 Å². The number of pyridine rings is 1. The number of carbonyl (C=O) groups is 2. The van der Waals surface area contributed by atoms with Crippen LogP contribution in [0.4, 0.5) is 11.6 Å². The summed E-state index contributed by atoms with van der Waals surface area (Å²) >= 11 is 3.33. The van der Waals surface area contributed by atoms with Gasteiger partial charge in [0.2, 0.25) is 11.8 Å². The summed E-state index contributed by atoms with van der Waals surface area (Å²) in [4.78, 5) is 41.6. The first-order valence-corrected chi connectivity index (χ1v) is 12.4. The van der Waals surface area contributed by atoms with Crippen molar-refractivity contribution in [1.82, 2.24) is 24.4 Å². The average molecular weight is 534 g/mol. The van der Waals surface area contributed by atoms with Crippen molar-refractivity contribution in [3.05, 3.63) is 52.4 Å². The molecular formula is C25H24BrN7O2. The maximum atomic E-state index is 13.7. The first kappa shape index (κ1) is 22.0. The Kier molecular flexibility index (Phi) is 5.03. The van der Waals surface area contributed by atoms with Crippen LogP contribution < -0.4 is 11.1 Å². The molecule has 2 aliphatic rings. The van der Waals surface area contributed by atoms with Crippen molar-refractivity contribution in [3.8, 4) is 0 Å². The molecule has 9 nitrogen and oxygen atoms in total. The Balaban J connectivity index is 1.35. The van der Waals surface area contributed by atoms with Gasteiger partial charge in [-0.2, -0.15) is 0 Å². The molecule has 1 unspecified atom stereocenters. The first-order chi connectivity index (χ1) is 16.8. The zero-order valence-electron chi connectivity index (χ0n) is 19.3. The van der Waals surface area contributed by atoms with E-state index >= 15 is 0 Å². The number of anilines is 2. The Labute approximate surface area is 209 Å². The van der Waals surface area contributed by atoms with Crippen molar-refractivity contribution in [1.29, 1.82) is 0 Å². The topological polar surface area (TPSA) is 119 Å². The van der Waals surface area contributed by atoms with Crippen LogP contribution >= 0.6 is 15.9 Å². The van der Waals surface area contributed by atoms with Crippen molar-refractivity contribution in [3.63, 3.8) is 0 Å². The van der Waals surface area contributed by atoms with E-state index in [0.29, 0.717) is 34.2 Å². The molecule has 1 saturated carbocycles. The number of fused-ring (bicyclic) bond motifs is 4. The monoisotopic (exact) mass is 533 g/mol. The van der Waals surface area contributed by atoms with Gasteiger partial charge in [-0.05, 0) is 72.3 Å². The number of aromatic nitrogens is 4. The Morgan fingerprint density at radius 3 is 2.83 bits per heavy atom. The number of nitrogens with two attached hydrogens (primary N) is 1. The molecule has 6 rings (SSSR count). The SMILES string of the molecule is Cc1cc(C)c2c(c1)c1c(N)ncnc1n2CC(=O)N1C2C[C@@H]2C[C@H]1C(=O)Nc1cccc(Br)n1.